The summed E-state index contributed by atoms with van der Waals surface area (Å²) < 4.78 is 18.6. The van der Waals surface area contributed by atoms with Gasteiger partial charge in [0, 0.05) is 5.56 Å². The maximum Gasteiger partial charge on any atom is 0.173 e. The maximum atomic E-state index is 13.8. The van der Waals surface area contributed by atoms with E-state index in [1.54, 1.807) is 6.92 Å². The Morgan fingerprint density at radius 2 is 2.27 bits per heavy atom. The first kappa shape index (κ1) is 12.2. The van der Waals surface area contributed by atoms with Crippen molar-refractivity contribution in [2.75, 3.05) is 13.7 Å². The smallest absolute Gasteiger partial charge is 0.173 e. The van der Waals surface area contributed by atoms with Crippen LogP contribution in [0.15, 0.2) is 6.07 Å². The quantitative estimate of drug-likeness (QED) is 0.837. The summed E-state index contributed by atoms with van der Waals surface area (Å²) in [6.45, 7) is 1.39. The molecule has 0 aromatic heterocycles. The van der Waals surface area contributed by atoms with Gasteiger partial charge in [-0.1, -0.05) is 11.6 Å². The lowest BCUT2D eigenvalue weighted by Crippen LogP contribution is -2.17. The molecule has 0 bridgehead atoms. The molecule has 5 heteroatoms. The molecule has 0 radical (unpaired) electrons. The lowest BCUT2D eigenvalue weighted by molar-refractivity contribution is 0.264. The normalized spacial score (nSPS) is 12.7. The van der Waals surface area contributed by atoms with E-state index in [2.05, 4.69) is 0 Å². The molecule has 15 heavy (non-hydrogen) atoms. The Bertz CT molecular complexity index is 371. The Morgan fingerprint density at radius 3 is 2.73 bits per heavy atom. The highest BCUT2D eigenvalue weighted by Gasteiger charge is 2.19. The summed E-state index contributed by atoms with van der Waals surface area (Å²) in [6, 6.07) is 0.746. The van der Waals surface area contributed by atoms with Crippen molar-refractivity contribution in [3.63, 3.8) is 0 Å². The summed E-state index contributed by atoms with van der Waals surface area (Å²) in [4.78, 5) is 0. The molecule has 84 valence electrons. The third kappa shape index (κ3) is 2.22. The van der Waals surface area contributed by atoms with Crippen molar-refractivity contribution < 1.29 is 14.2 Å². The largest absolute Gasteiger partial charge is 0.492 e. The predicted octanol–water partition coefficient (Wildman–Crippen LogP) is 1.79. The Morgan fingerprint density at radius 1 is 1.67 bits per heavy atom. The maximum absolute atomic E-state index is 13.8. The van der Waals surface area contributed by atoms with Gasteiger partial charge in [-0.25, -0.2) is 4.39 Å². The van der Waals surface area contributed by atoms with Gasteiger partial charge in [-0.3, -0.25) is 0 Å². The second-order valence-electron chi connectivity index (χ2n) is 3.23. The standard InChI is InChI=1S/C10H13ClFNO2/c1-5-3-6(7(13)4-14)9(12)10(15-2)8(5)11/h3,7,14H,4,13H2,1-2H3. The molecule has 0 spiro atoms. The van der Waals surface area contributed by atoms with E-state index in [4.69, 9.17) is 27.2 Å². The van der Waals surface area contributed by atoms with Crippen LogP contribution < -0.4 is 10.5 Å². The summed E-state index contributed by atoms with van der Waals surface area (Å²) in [6.07, 6.45) is 0. The average Bonchev–Trinajstić information content (AvgIpc) is 2.23. The van der Waals surface area contributed by atoms with E-state index in [1.807, 2.05) is 0 Å². The van der Waals surface area contributed by atoms with Crippen LogP contribution in [0.3, 0.4) is 0 Å². The number of halogens is 2. The highest BCUT2D eigenvalue weighted by atomic mass is 35.5. The van der Waals surface area contributed by atoms with Gasteiger partial charge in [-0.05, 0) is 18.6 Å². The van der Waals surface area contributed by atoms with Crippen LogP contribution in [0.2, 0.25) is 5.02 Å². The van der Waals surface area contributed by atoms with Gasteiger partial charge in [0.1, 0.15) is 0 Å². The first-order chi connectivity index (χ1) is 7.02. The molecule has 1 atom stereocenters. The molecule has 0 aliphatic rings. The first-order valence-corrected chi connectivity index (χ1v) is 4.79. The van der Waals surface area contributed by atoms with Gasteiger partial charge < -0.3 is 15.6 Å². The van der Waals surface area contributed by atoms with Crippen LogP contribution in [0, 0.1) is 12.7 Å². The molecule has 3 N–H and O–H groups in total. The van der Waals surface area contributed by atoms with E-state index in [0.29, 0.717) is 5.56 Å². The van der Waals surface area contributed by atoms with Gasteiger partial charge in [0.05, 0.1) is 24.8 Å². The van der Waals surface area contributed by atoms with Crippen molar-refractivity contribution in [1.82, 2.24) is 0 Å². The van der Waals surface area contributed by atoms with E-state index < -0.39 is 11.9 Å². The lowest BCUT2D eigenvalue weighted by atomic mass is 10.0. The van der Waals surface area contributed by atoms with Gasteiger partial charge in [0.2, 0.25) is 0 Å². The molecule has 0 saturated carbocycles. The Labute approximate surface area is 92.6 Å². The van der Waals surface area contributed by atoms with Crippen molar-refractivity contribution in [3.05, 3.63) is 28.0 Å². The van der Waals surface area contributed by atoms with Crippen LogP contribution in [-0.4, -0.2) is 18.8 Å². The number of ether oxygens (including phenoxy) is 1. The van der Waals surface area contributed by atoms with Crippen LogP contribution in [-0.2, 0) is 0 Å². The molecule has 0 aliphatic carbocycles. The molecule has 0 amide bonds. The lowest BCUT2D eigenvalue weighted by Gasteiger charge is -2.15. The van der Waals surface area contributed by atoms with Crippen molar-refractivity contribution >= 4 is 11.6 Å². The van der Waals surface area contributed by atoms with Crippen molar-refractivity contribution in [2.45, 2.75) is 13.0 Å². The summed E-state index contributed by atoms with van der Waals surface area (Å²) in [7, 11) is 1.33. The second-order valence-corrected chi connectivity index (χ2v) is 3.61. The monoisotopic (exact) mass is 233 g/mol. The number of hydrogen-bond donors (Lipinski definition) is 2. The summed E-state index contributed by atoms with van der Waals surface area (Å²) in [5.74, 6) is -0.648. The van der Waals surface area contributed by atoms with Gasteiger partial charge in [0.25, 0.3) is 0 Å². The van der Waals surface area contributed by atoms with E-state index in [0.717, 1.165) is 0 Å². The number of benzene rings is 1. The SMILES string of the molecule is COc1c(F)c(C(N)CO)cc(C)c1Cl. The number of aryl methyl sites for hydroxylation is 1. The van der Waals surface area contributed by atoms with Gasteiger partial charge >= 0.3 is 0 Å². The number of hydrogen-bond acceptors (Lipinski definition) is 3. The zero-order valence-electron chi connectivity index (χ0n) is 8.55. The van der Waals surface area contributed by atoms with Crippen molar-refractivity contribution in [3.8, 4) is 5.75 Å². The van der Waals surface area contributed by atoms with Crippen molar-refractivity contribution in [1.29, 1.82) is 0 Å². The molecule has 1 aromatic rings. The Hall–Kier alpha value is -0.840. The molecule has 0 saturated heterocycles. The van der Waals surface area contributed by atoms with Crippen LogP contribution in [0.4, 0.5) is 4.39 Å². The minimum Gasteiger partial charge on any atom is -0.492 e. The highest BCUT2D eigenvalue weighted by molar-refractivity contribution is 6.32. The molecule has 1 aromatic carbocycles. The van der Waals surface area contributed by atoms with E-state index in [1.165, 1.54) is 13.2 Å². The number of nitrogens with two attached hydrogens (primary N) is 1. The number of aliphatic hydroxyl groups excluding tert-OH is 1. The summed E-state index contributed by atoms with van der Waals surface area (Å²) >= 11 is 5.85. The molecule has 3 nitrogen and oxygen atoms in total. The van der Waals surface area contributed by atoms with E-state index in [9.17, 15) is 4.39 Å². The molecular weight excluding hydrogens is 221 g/mol. The van der Waals surface area contributed by atoms with Crippen LogP contribution in [0.5, 0.6) is 5.75 Å². The Balaban J connectivity index is 3.36. The molecule has 0 aliphatic heterocycles. The molecule has 0 fully saturated rings. The van der Waals surface area contributed by atoms with Crippen molar-refractivity contribution in [2.24, 2.45) is 5.73 Å². The number of methoxy groups -OCH3 is 1. The Kier molecular flexibility index (Phi) is 3.90. The molecule has 1 rings (SSSR count). The first-order valence-electron chi connectivity index (χ1n) is 4.41. The topological polar surface area (TPSA) is 55.5 Å². The second kappa shape index (κ2) is 4.79. The minimum absolute atomic E-state index is 0.0319. The minimum atomic E-state index is -0.769. The fourth-order valence-corrected chi connectivity index (χ4v) is 1.53. The number of aliphatic hydroxyl groups is 1. The zero-order valence-corrected chi connectivity index (χ0v) is 9.31. The molecule has 1 unspecified atom stereocenters. The van der Waals surface area contributed by atoms with Gasteiger partial charge in [-0.2, -0.15) is 0 Å². The fourth-order valence-electron chi connectivity index (χ4n) is 1.31. The van der Waals surface area contributed by atoms with E-state index >= 15 is 0 Å². The summed E-state index contributed by atoms with van der Waals surface area (Å²) in [5, 5.41) is 9.10. The van der Waals surface area contributed by atoms with E-state index in [-0.39, 0.29) is 22.9 Å². The number of rotatable bonds is 3. The zero-order chi connectivity index (χ0) is 11.6. The third-order valence-electron chi connectivity index (χ3n) is 2.17. The van der Waals surface area contributed by atoms with Crippen LogP contribution in [0.1, 0.15) is 17.2 Å². The molecular formula is C10H13ClFNO2. The molecule has 0 heterocycles. The van der Waals surface area contributed by atoms with Crippen LogP contribution in [0.25, 0.3) is 0 Å². The summed E-state index contributed by atoms with van der Waals surface area (Å²) in [5.41, 5.74) is 6.41. The fraction of sp³-hybridized carbons (Fsp3) is 0.400. The third-order valence-corrected chi connectivity index (χ3v) is 2.64. The van der Waals surface area contributed by atoms with Gasteiger partial charge in [-0.15, -0.1) is 0 Å². The van der Waals surface area contributed by atoms with Gasteiger partial charge in [0.15, 0.2) is 11.6 Å². The average molecular weight is 234 g/mol. The van der Waals surface area contributed by atoms with Crippen LogP contribution >= 0.6 is 11.6 Å². The highest BCUT2D eigenvalue weighted by Crippen LogP contribution is 2.34. The predicted molar refractivity (Wildman–Crippen MR) is 56.7 cm³/mol.